The van der Waals surface area contributed by atoms with Crippen molar-refractivity contribution in [2.75, 3.05) is 33.4 Å². The molecule has 1 aliphatic heterocycles. The lowest BCUT2D eigenvalue weighted by Crippen LogP contribution is -2.47. The maximum Gasteiger partial charge on any atom is 0.410 e. The standard InChI is InChI=1S/C13H24N2O5/c1-9(2)8-20-13(18)15-7-10(16)6-11(15)12(17)14-4-5-19-3/h9-11,16H,4-8H2,1-3H3,(H,14,17)/t10-,11+/m1/s1. The Bertz CT molecular complexity index is 335. The van der Waals surface area contributed by atoms with Crippen LogP contribution in [0.15, 0.2) is 0 Å². The SMILES string of the molecule is COCCNC(=O)[C@@H]1C[C@@H](O)CN1C(=O)OCC(C)C. The third kappa shape index (κ3) is 4.97. The number of carbonyl (C=O) groups excluding carboxylic acids is 2. The number of likely N-dealkylation sites (tertiary alicyclic amines) is 1. The number of methoxy groups -OCH3 is 1. The summed E-state index contributed by atoms with van der Waals surface area (Å²) in [5, 5.41) is 12.3. The summed E-state index contributed by atoms with van der Waals surface area (Å²) >= 11 is 0. The van der Waals surface area contributed by atoms with E-state index < -0.39 is 18.2 Å². The second-order valence-electron chi connectivity index (χ2n) is 5.31. The van der Waals surface area contributed by atoms with E-state index in [9.17, 15) is 14.7 Å². The van der Waals surface area contributed by atoms with Gasteiger partial charge in [-0.15, -0.1) is 0 Å². The van der Waals surface area contributed by atoms with Gasteiger partial charge in [0, 0.05) is 20.1 Å². The summed E-state index contributed by atoms with van der Waals surface area (Å²) in [6.45, 7) is 5.06. The molecule has 2 atom stereocenters. The van der Waals surface area contributed by atoms with Crippen LogP contribution in [0.5, 0.6) is 0 Å². The lowest BCUT2D eigenvalue weighted by molar-refractivity contribution is -0.125. The minimum Gasteiger partial charge on any atom is -0.449 e. The number of nitrogens with one attached hydrogen (secondary N) is 1. The third-order valence-corrected chi connectivity index (χ3v) is 2.96. The van der Waals surface area contributed by atoms with Gasteiger partial charge < -0.3 is 19.9 Å². The smallest absolute Gasteiger partial charge is 0.410 e. The highest BCUT2D eigenvalue weighted by Gasteiger charge is 2.39. The highest BCUT2D eigenvalue weighted by molar-refractivity contribution is 5.86. The molecule has 116 valence electrons. The topological polar surface area (TPSA) is 88.1 Å². The second-order valence-corrected chi connectivity index (χ2v) is 5.31. The molecular formula is C13H24N2O5. The molecule has 0 bridgehead atoms. The molecule has 0 spiro atoms. The van der Waals surface area contributed by atoms with Crippen LogP contribution in [-0.2, 0) is 14.3 Å². The first-order chi connectivity index (χ1) is 9.45. The van der Waals surface area contributed by atoms with Gasteiger partial charge in [0.05, 0.1) is 25.9 Å². The van der Waals surface area contributed by atoms with E-state index in [1.54, 1.807) is 7.11 Å². The van der Waals surface area contributed by atoms with Crippen LogP contribution < -0.4 is 5.32 Å². The summed E-state index contributed by atoms with van der Waals surface area (Å²) in [4.78, 5) is 25.2. The number of amides is 2. The Hall–Kier alpha value is -1.34. The Morgan fingerprint density at radius 3 is 2.75 bits per heavy atom. The minimum absolute atomic E-state index is 0.124. The van der Waals surface area contributed by atoms with Gasteiger partial charge >= 0.3 is 6.09 Å². The van der Waals surface area contributed by atoms with E-state index >= 15 is 0 Å². The zero-order valence-corrected chi connectivity index (χ0v) is 12.3. The molecule has 0 saturated carbocycles. The highest BCUT2D eigenvalue weighted by Crippen LogP contribution is 2.19. The number of hydrogen-bond acceptors (Lipinski definition) is 5. The molecule has 0 aromatic carbocycles. The van der Waals surface area contributed by atoms with Crippen molar-refractivity contribution >= 4 is 12.0 Å². The van der Waals surface area contributed by atoms with E-state index in [0.717, 1.165) is 0 Å². The normalized spacial score (nSPS) is 22.1. The lowest BCUT2D eigenvalue weighted by Gasteiger charge is -2.23. The van der Waals surface area contributed by atoms with E-state index in [4.69, 9.17) is 9.47 Å². The molecule has 1 aliphatic rings. The molecule has 0 unspecified atom stereocenters. The third-order valence-electron chi connectivity index (χ3n) is 2.96. The Balaban J connectivity index is 2.54. The summed E-state index contributed by atoms with van der Waals surface area (Å²) in [5.41, 5.74) is 0. The van der Waals surface area contributed by atoms with Gasteiger partial charge in [-0.2, -0.15) is 0 Å². The molecule has 20 heavy (non-hydrogen) atoms. The zero-order valence-electron chi connectivity index (χ0n) is 12.3. The van der Waals surface area contributed by atoms with Gasteiger partial charge in [-0.25, -0.2) is 4.79 Å². The van der Waals surface area contributed by atoms with Crippen molar-refractivity contribution in [2.24, 2.45) is 5.92 Å². The maximum absolute atomic E-state index is 12.0. The van der Waals surface area contributed by atoms with Crippen molar-refractivity contribution in [1.82, 2.24) is 10.2 Å². The van der Waals surface area contributed by atoms with Gasteiger partial charge in [-0.1, -0.05) is 13.8 Å². The van der Waals surface area contributed by atoms with Crippen LogP contribution in [0.2, 0.25) is 0 Å². The molecule has 7 heteroatoms. The average molecular weight is 288 g/mol. The van der Waals surface area contributed by atoms with Crippen LogP contribution in [0.1, 0.15) is 20.3 Å². The van der Waals surface area contributed by atoms with Crippen LogP contribution in [0.25, 0.3) is 0 Å². The Morgan fingerprint density at radius 1 is 1.45 bits per heavy atom. The van der Waals surface area contributed by atoms with Crippen molar-refractivity contribution in [3.05, 3.63) is 0 Å². The van der Waals surface area contributed by atoms with Crippen LogP contribution in [0, 0.1) is 5.92 Å². The largest absolute Gasteiger partial charge is 0.449 e. The number of aliphatic hydroxyl groups excluding tert-OH is 1. The first kappa shape index (κ1) is 16.7. The lowest BCUT2D eigenvalue weighted by atomic mass is 10.2. The van der Waals surface area contributed by atoms with Gasteiger partial charge in [0.1, 0.15) is 6.04 Å². The fourth-order valence-electron chi connectivity index (χ4n) is 1.98. The summed E-state index contributed by atoms with van der Waals surface area (Å²) in [6.07, 6.45) is -1.02. The summed E-state index contributed by atoms with van der Waals surface area (Å²) in [6, 6.07) is -0.679. The van der Waals surface area contributed by atoms with Crippen molar-refractivity contribution in [3.8, 4) is 0 Å². The van der Waals surface area contributed by atoms with Gasteiger partial charge in [0.25, 0.3) is 0 Å². The molecule has 2 N–H and O–H groups in total. The van der Waals surface area contributed by atoms with Crippen molar-refractivity contribution in [3.63, 3.8) is 0 Å². The summed E-state index contributed by atoms with van der Waals surface area (Å²) in [5.74, 6) is -0.0689. The number of ether oxygens (including phenoxy) is 2. The molecule has 2 amide bonds. The average Bonchev–Trinajstić information content (AvgIpc) is 2.78. The number of rotatable bonds is 6. The van der Waals surface area contributed by atoms with E-state index in [-0.39, 0.29) is 24.8 Å². The van der Waals surface area contributed by atoms with E-state index in [0.29, 0.717) is 19.8 Å². The van der Waals surface area contributed by atoms with Crippen molar-refractivity contribution < 1.29 is 24.2 Å². The van der Waals surface area contributed by atoms with E-state index in [1.807, 2.05) is 13.8 Å². The maximum atomic E-state index is 12.0. The molecule has 1 fully saturated rings. The number of β-amino-alcohol motifs (C(OH)–C–C–N with tert-alkyl or cyclic N) is 1. The van der Waals surface area contributed by atoms with Gasteiger partial charge in [-0.05, 0) is 5.92 Å². The molecule has 0 aromatic heterocycles. The molecule has 0 radical (unpaired) electrons. The summed E-state index contributed by atoms with van der Waals surface area (Å²) in [7, 11) is 1.54. The first-order valence-corrected chi connectivity index (χ1v) is 6.83. The monoisotopic (exact) mass is 288 g/mol. The molecule has 7 nitrogen and oxygen atoms in total. The van der Waals surface area contributed by atoms with Gasteiger partial charge in [0.15, 0.2) is 0 Å². The highest BCUT2D eigenvalue weighted by atomic mass is 16.6. The van der Waals surface area contributed by atoms with Crippen LogP contribution >= 0.6 is 0 Å². The Labute approximate surface area is 119 Å². The number of nitrogens with zero attached hydrogens (tertiary/aromatic N) is 1. The van der Waals surface area contributed by atoms with Crippen molar-refractivity contribution in [2.45, 2.75) is 32.4 Å². The van der Waals surface area contributed by atoms with Crippen LogP contribution in [0.3, 0.4) is 0 Å². The van der Waals surface area contributed by atoms with E-state index in [2.05, 4.69) is 5.32 Å². The second kappa shape index (κ2) is 8.06. The summed E-state index contributed by atoms with van der Waals surface area (Å²) < 4.78 is 9.96. The minimum atomic E-state index is -0.695. The number of aliphatic hydroxyl groups is 1. The van der Waals surface area contributed by atoms with E-state index in [1.165, 1.54) is 4.90 Å². The first-order valence-electron chi connectivity index (χ1n) is 6.83. The van der Waals surface area contributed by atoms with Crippen LogP contribution in [-0.4, -0.2) is 67.6 Å². The van der Waals surface area contributed by atoms with Crippen molar-refractivity contribution in [1.29, 1.82) is 0 Å². The number of carbonyl (C=O) groups is 2. The number of hydrogen-bond donors (Lipinski definition) is 2. The quantitative estimate of drug-likeness (QED) is 0.670. The predicted octanol–water partition coefficient (Wildman–Crippen LogP) is -0.0232. The molecular weight excluding hydrogens is 264 g/mol. The molecule has 0 aliphatic carbocycles. The molecule has 0 aromatic rings. The Kier molecular flexibility index (Phi) is 6.74. The molecule has 1 rings (SSSR count). The molecule has 1 heterocycles. The Morgan fingerprint density at radius 2 is 2.15 bits per heavy atom. The molecule has 1 saturated heterocycles. The van der Waals surface area contributed by atoms with Gasteiger partial charge in [-0.3, -0.25) is 9.69 Å². The zero-order chi connectivity index (χ0) is 15.1. The fourth-order valence-corrected chi connectivity index (χ4v) is 1.98. The van der Waals surface area contributed by atoms with Gasteiger partial charge in [0.2, 0.25) is 5.91 Å². The fraction of sp³-hybridized carbons (Fsp3) is 0.846. The predicted molar refractivity (Wildman–Crippen MR) is 72.2 cm³/mol. The van der Waals surface area contributed by atoms with Crippen LogP contribution in [0.4, 0.5) is 4.79 Å².